The van der Waals surface area contributed by atoms with Crippen molar-refractivity contribution in [3.63, 3.8) is 0 Å². The van der Waals surface area contributed by atoms with Crippen molar-refractivity contribution >= 4 is 18.5 Å². The minimum atomic E-state index is -1.78. The van der Waals surface area contributed by atoms with E-state index in [0.29, 0.717) is 5.95 Å². The average Bonchev–Trinajstić information content (AvgIpc) is 2.03. The summed E-state index contributed by atoms with van der Waals surface area (Å²) in [5, 5.41) is 17.4. The number of hydrogen-bond donors (Lipinski definition) is 3. The van der Waals surface area contributed by atoms with E-state index in [9.17, 15) is 4.79 Å². The van der Waals surface area contributed by atoms with Crippen molar-refractivity contribution in [1.82, 2.24) is 9.97 Å². The predicted molar refractivity (Wildman–Crippen MR) is 49.0 cm³/mol. The van der Waals surface area contributed by atoms with Crippen molar-refractivity contribution in [3.8, 4) is 0 Å². The number of anilines is 1. The van der Waals surface area contributed by atoms with Crippen molar-refractivity contribution in [2.45, 2.75) is 0 Å². The van der Waals surface area contributed by atoms with Gasteiger partial charge in [-0.05, 0) is 0 Å². The first-order valence-corrected chi connectivity index (χ1v) is 3.65. The fourth-order valence-electron chi connectivity index (χ4n) is 0.806. The highest BCUT2D eigenvalue weighted by atomic mass is 16.4. The highest BCUT2D eigenvalue weighted by Gasteiger charge is 2.16. The number of rotatable bonds is 2. The Bertz CT molecular complexity index is 349. The van der Waals surface area contributed by atoms with E-state index in [-0.39, 0.29) is 5.46 Å². The Morgan fingerprint density at radius 3 is 2.54 bits per heavy atom. The Morgan fingerprint density at radius 1 is 1.54 bits per heavy atom. The molecule has 0 amide bonds. The number of aromatic amines is 1. The van der Waals surface area contributed by atoms with Crippen LogP contribution in [0.4, 0.5) is 5.95 Å². The van der Waals surface area contributed by atoms with Crippen LogP contribution in [0, 0.1) is 0 Å². The van der Waals surface area contributed by atoms with E-state index in [1.165, 1.54) is 0 Å². The molecular formula is C6H10BN3O3. The number of aromatic nitrogens is 2. The molecule has 0 radical (unpaired) electrons. The van der Waals surface area contributed by atoms with Gasteiger partial charge in [-0.3, -0.25) is 9.78 Å². The summed E-state index contributed by atoms with van der Waals surface area (Å²) >= 11 is 0. The van der Waals surface area contributed by atoms with Crippen LogP contribution in [0.1, 0.15) is 0 Å². The van der Waals surface area contributed by atoms with Gasteiger partial charge in [0.05, 0.1) is 5.46 Å². The number of hydrogen-bond acceptors (Lipinski definition) is 5. The standard InChI is InChI=1S/C6H10BN3O3/c1-10(2)6-8-3-4(7(12)13)5(11)9-6/h3,12-13H,1-2H3,(H,8,9,11). The summed E-state index contributed by atoms with van der Waals surface area (Å²) in [6.07, 6.45) is 1.14. The summed E-state index contributed by atoms with van der Waals surface area (Å²) in [6, 6.07) is 0. The summed E-state index contributed by atoms with van der Waals surface area (Å²) in [6.45, 7) is 0. The zero-order valence-electron chi connectivity index (χ0n) is 7.35. The molecule has 0 aliphatic carbocycles. The third-order valence-electron chi connectivity index (χ3n) is 1.52. The predicted octanol–water partition coefficient (Wildman–Crippen LogP) is -2.48. The van der Waals surface area contributed by atoms with Crippen molar-refractivity contribution < 1.29 is 10.0 Å². The first-order valence-electron chi connectivity index (χ1n) is 3.65. The zero-order chi connectivity index (χ0) is 10.0. The molecule has 0 unspecified atom stereocenters. The third kappa shape index (κ3) is 2.07. The molecule has 70 valence electrons. The van der Waals surface area contributed by atoms with Gasteiger partial charge in [-0.1, -0.05) is 0 Å². The van der Waals surface area contributed by atoms with Crippen LogP contribution < -0.4 is 15.9 Å². The summed E-state index contributed by atoms with van der Waals surface area (Å²) in [5.74, 6) is 0.370. The van der Waals surface area contributed by atoms with Gasteiger partial charge in [0.1, 0.15) is 0 Å². The molecule has 13 heavy (non-hydrogen) atoms. The fraction of sp³-hybridized carbons (Fsp3) is 0.333. The van der Waals surface area contributed by atoms with Crippen LogP contribution in [0.15, 0.2) is 11.0 Å². The van der Waals surface area contributed by atoms with E-state index in [2.05, 4.69) is 9.97 Å². The molecule has 0 aliphatic rings. The van der Waals surface area contributed by atoms with E-state index in [1.807, 2.05) is 0 Å². The Kier molecular flexibility index (Phi) is 2.69. The van der Waals surface area contributed by atoms with Crippen molar-refractivity contribution in [3.05, 3.63) is 16.6 Å². The normalized spacial score (nSPS) is 9.85. The maximum absolute atomic E-state index is 11.1. The molecule has 3 N–H and O–H groups in total. The monoisotopic (exact) mass is 183 g/mol. The zero-order valence-corrected chi connectivity index (χ0v) is 7.35. The van der Waals surface area contributed by atoms with E-state index in [0.717, 1.165) is 6.20 Å². The minimum absolute atomic E-state index is 0.161. The lowest BCUT2D eigenvalue weighted by Crippen LogP contribution is -2.43. The number of nitrogens with one attached hydrogen (secondary N) is 1. The van der Waals surface area contributed by atoms with Gasteiger partial charge in [-0.15, -0.1) is 0 Å². The van der Waals surface area contributed by atoms with Crippen LogP contribution in [0.2, 0.25) is 0 Å². The summed E-state index contributed by atoms with van der Waals surface area (Å²) in [7, 11) is 1.65. The maximum atomic E-state index is 11.1. The largest absolute Gasteiger partial charge is 0.495 e. The second kappa shape index (κ2) is 3.59. The molecule has 0 atom stereocenters. The third-order valence-corrected chi connectivity index (χ3v) is 1.52. The van der Waals surface area contributed by atoms with Gasteiger partial charge in [-0.25, -0.2) is 4.98 Å². The Labute approximate surface area is 75.0 Å². The number of nitrogens with zero attached hydrogens (tertiary/aromatic N) is 2. The lowest BCUT2D eigenvalue weighted by atomic mass is 9.82. The molecule has 1 rings (SSSR count). The second-order valence-electron chi connectivity index (χ2n) is 2.76. The molecule has 0 saturated heterocycles. The highest BCUT2D eigenvalue weighted by Crippen LogP contribution is 1.93. The van der Waals surface area contributed by atoms with Crippen LogP contribution in [-0.2, 0) is 0 Å². The lowest BCUT2D eigenvalue weighted by Gasteiger charge is -2.10. The minimum Gasteiger partial charge on any atom is -0.423 e. The van der Waals surface area contributed by atoms with Crippen LogP contribution in [0.5, 0.6) is 0 Å². The first kappa shape index (κ1) is 9.75. The van der Waals surface area contributed by atoms with Crippen molar-refractivity contribution in [2.24, 2.45) is 0 Å². The maximum Gasteiger partial charge on any atom is 0.495 e. The number of H-pyrrole nitrogens is 1. The molecule has 7 heteroatoms. The van der Waals surface area contributed by atoms with E-state index in [4.69, 9.17) is 10.0 Å². The first-order chi connectivity index (χ1) is 6.02. The average molecular weight is 183 g/mol. The quantitative estimate of drug-likeness (QED) is 0.441. The molecule has 6 nitrogen and oxygen atoms in total. The Morgan fingerprint density at radius 2 is 2.15 bits per heavy atom. The van der Waals surface area contributed by atoms with E-state index >= 15 is 0 Å². The summed E-state index contributed by atoms with van der Waals surface area (Å²) in [4.78, 5) is 19.0. The molecule has 0 bridgehead atoms. The van der Waals surface area contributed by atoms with Crippen molar-refractivity contribution in [2.75, 3.05) is 19.0 Å². The molecule has 0 aromatic carbocycles. The molecule has 0 saturated carbocycles. The Hall–Kier alpha value is -1.34. The van der Waals surface area contributed by atoms with E-state index in [1.54, 1.807) is 19.0 Å². The van der Waals surface area contributed by atoms with Gasteiger partial charge in [0.2, 0.25) is 5.95 Å². The molecule has 1 heterocycles. The smallest absolute Gasteiger partial charge is 0.423 e. The highest BCUT2D eigenvalue weighted by molar-refractivity contribution is 6.58. The van der Waals surface area contributed by atoms with Crippen LogP contribution in [0.3, 0.4) is 0 Å². The van der Waals surface area contributed by atoms with Gasteiger partial charge < -0.3 is 14.9 Å². The van der Waals surface area contributed by atoms with Gasteiger partial charge in [0, 0.05) is 20.3 Å². The van der Waals surface area contributed by atoms with E-state index < -0.39 is 12.7 Å². The molecule has 1 aromatic heterocycles. The van der Waals surface area contributed by atoms with Crippen LogP contribution >= 0.6 is 0 Å². The van der Waals surface area contributed by atoms with Crippen LogP contribution in [0.25, 0.3) is 0 Å². The Balaban J connectivity index is 3.14. The summed E-state index contributed by atoms with van der Waals surface area (Å²) in [5.41, 5.74) is -0.709. The fourth-order valence-corrected chi connectivity index (χ4v) is 0.806. The molecule has 1 aromatic rings. The molecule has 0 spiro atoms. The molecule has 0 aliphatic heterocycles. The lowest BCUT2D eigenvalue weighted by molar-refractivity contribution is 0.425. The van der Waals surface area contributed by atoms with Gasteiger partial charge in [-0.2, -0.15) is 0 Å². The molecular weight excluding hydrogens is 173 g/mol. The van der Waals surface area contributed by atoms with Crippen LogP contribution in [-0.4, -0.2) is 41.2 Å². The summed E-state index contributed by atoms with van der Waals surface area (Å²) < 4.78 is 0. The topological polar surface area (TPSA) is 89.4 Å². The molecule has 0 fully saturated rings. The van der Waals surface area contributed by atoms with Crippen molar-refractivity contribution in [1.29, 1.82) is 0 Å². The SMILES string of the molecule is CN(C)c1ncc(B(O)O)c(=O)[nH]1. The second-order valence-corrected chi connectivity index (χ2v) is 2.76. The van der Waals surface area contributed by atoms with Gasteiger partial charge in [0.15, 0.2) is 0 Å². The van der Waals surface area contributed by atoms with Gasteiger partial charge >= 0.3 is 7.12 Å². The van der Waals surface area contributed by atoms with Gasteiger partial charge in [0.25, 0.3) is 5.56 Å².